The number of hydrogen-bond acceptors (Lipinski definition) is 3. The highest BCUT2D eigenvalue weighted by molar-refractivity contribution is 9.10. The van der Waals surface area contributed by atoms with E-state index in [2.05, 4.69) is 30.9 Å². The lowest BCUT2D eigenvalue weighted by Crippen LogP contribution is -2.22. The molecule has 0 radical (unpaired) electrons. The Bertz CT molecular complexity index is 714. The van der Waals surface area contributed by atoms with Gasteiger partial charge in [0.1, 0.15) is 17.9 Å². The Morgan fingerprint density at radius 3 is 2.75 bits per heavy atom. The largest absolute Gasteiger partial charge is 0.258 e. The molecule has 3 nitrogen and oxygen atoms in total. The molecule has 0 N–H and O–H groups in total. The first-order chi connectivity index (χ1) is 9.74. The van der Waals surface area contributed by atoms with Gasteiger partial charge in [-0.25, -0.2) is 14.4 Å². The third-order valence-corrected chi connectivity index (χ3v) is 4.46. The van der Waals surface area contributed by atoms with Crippen LogP contribution >= 0.6 is 15.9 Å². The first-order valence-corrected chi connectivity index (χ1v) is 7.38. The van der Waals surface area contributed by atoms with E-state index in [1.54, 1.807) is 18.5 Å². The van der Waals surface area contributed by atoms with Crippen LogP contribution in [0.1, 0.15) is 18.4 Å². The van der Waals surface area contributed by atoms with Gasteiger partial charge in [-0.05, 0) is 52.9 Å². The van der Waals surface area contributed by atoms with E-state index in [1.165, 1.54) is 18.9 Å². The van der Waals surface area contributed by atoms with E-state index in [-0.39, 0.29) is 5.82 Å². The van der Waals surface area contributed by atoms with E-state index >= 15 is 0 Å². The summed E-state index contributed by atoms with van der Waals surface area (Å²) < 4.78 is 13.8. The number of fused-ring (bicyclic) bond motifs is 1. The van der Waals surface area contributed by atoms with Crippen LogP contribution < -0.4 is 0 Å². The van der Waals surface area contributed by atoms with Crippen LogP contribution in [0.15, 0.2) is 43.3 Å². The summed E-state index contributed by atoms with van der Waals surface area (Å²) in [6.07, 6.45) is 6.04. The zero-order valence-corrected chi connectivity index (χ0v) is 12.1. The summed E-state index contributed by atoms with van der Waals surface area (Å²) >= 11 is 3.21. The number of hydrogen-bond donors (Lipinski definition) is 0. The number of nitrogens with zero attached hydrogens (tertiary/aromatic N) is 3. The summed E-state index contributed by atoms with van der Waals surface area (Å²) in [6.45, 7) is 0. The zero-order chi connectivity index (χ0) is 13.7. The highest BCUT2D eigenvalue weighted by Gasteiger charge is 2.38. The maximum Gasteiger partial charge on any atom is 0.137 e. The van der Waals surface area contributed by atoms with Gasteiger partial charge in [0, 0.05) is 17.7 Å². The van der Waals surface area contributed by atoms with Crippen LogP contribution in [0, 0.1) is 17.7 Å². The van der Waals surface area contributed by atoms with Crippen molar-refractivity contribution in [3.8, 4) is 0 Å². The van der Waals surface area contributed by atoms with E-state index < -0.39 is 0 Å². The summed E-state index contributed by atoms with van der Waals surface area (Å²) in [5.41, 5.74) is 3.47. The van der Waals surface area contributed by atoms with Crippen LogP contribution in [0.5, 0.6) is 0 Å². The fourth-order valence-corrected chi connectivity index (χ4v) is 3.02. The molecule has 20 heavy (non-hydrogen) atoms. The van der Waals surface area contributed by atoms with Crippen LogP contribution in [0.3, 0.4) is 0 Å². The minimum atomic E-state index is -0.279. The van der Waals surface area contributed by atoms with Crippen LogP contribution in [-0.4, -0.2) is 18.3 Å². The molecular weight excluding hydrogens is 321 g/mol. The molecule has 100 valence electrons. The van der Waals surface area contributed by atoms with Crippen molar-refractivity contribution in [1.82, 2.24) is 0 Å². The van der Waals surface area contributed by atoms with Gasteiger partial charge < -0.3 is 0 Å². The van der Waals surface area contributed by atoms with Gasteiger partial charge in [-0.2, -0.15) is 0 Å². The van der Waals surface area contributed by atoms with Crippen molar-refractivity contribution in [2.24, 2.45) is 26.8 Å². The van der Waals surface area contributed by atoms with E-state index in [4.69, 9.17) is 0 Å². The molecule has 3 aliphatic rings. The Morgan fingerprint density at radius 2 is 2.00 bits per heavy atom. The fourth-order valence-electron chi connectivity index (χ4n) is 2.64. The molecule has 1 aliphatic carbocycles. The molecule has 2 heterocycles. The van der Waals surface area contributed by atoms with Crippen molar-refractivity contribution in [1.29, 1.82) is 0 Å². The van der Waals surface area contributed by atoms with E-state index in [0.29, 0.717) is 16.3 Å². The molecular formula is C15H11BrFN3. The lowest BCUT2D eigenvalue weighted by Gasteiger charge is -2.19. The van der Waals surface area contributed by atoms with Crippen LogP contribution in [0.2, 0.25) is 0 Å². The number of benzene rings is 1. The normalized spacial score (nSPS) is 24.1. The van der Waals surface area contributed by atoms with Crippen LogP contribution in [0.4, 0.5) is 4.39 Å². The molecule has 5 heteroatoms. The van der Waals surface area contributed by atoms with Gasteiger partial charge >= 0.3 is 0 Å². The van der Waals surface area contributed by atoms with E-state index in [9.17, 15) is 4.39 Å². The number of aliphatic imine (C=N–C) groups is 3. The molecule has 4 rings (SSSR count). The Labute approximate surface area is 124 Å². The van der Waals surface area contributed by atoms with E-state index in [1.807, 2.05) is 6.21 Å². The van der Waals surface area contributed by atoms with Crippen molar-refractivity contribution >= 4 is 39.9 Å². The SMILES string of the molecule is Fc1ccc(C2=C3N=CN=C3C(C3CC3)C=N2)cc1Br. The lowest BCUT2D eigenvalue weighted by atomic mass is 9.92. The van der Waals surface area contributed by atoms with Gasteiger partial charge in [-0.15, -0.1) is 0 Å². The molecule has 1 atom stereocenters. The molecule has 0 aromatic heterocycles. The minimum Gasteiger partial charge on any atom is -0.258 e. The fraction of sp³-hybridized carbons (Fsp3) is 0.267. The maximum absolute atomic E-state index is 13.4. The molecule has 1 saturated carbocycles. The first kappa shape index (κ1) is 12.1. The quantitative estimate of drug-likeness (QED) is 0.789. The van der Waals surface area contributed by atoms with E-state index in [0.717, 1.165) is 22.7 Å². The molecule has 1 unspecified atom stereocenters. The third-order valence-electron chi connectivity index (χ3n) is 3.85. The van der Waals surface area contributed by atoms with Gasteiger partial charge in [0.05, 0.1) is 15.9 Å². The molecule has 0 saturated heterocycles. The van der Waals surface area contributed by atoms with Gasteiger partial charge in [-0.3, -0.25) is 4.99 Å². The summed E-state index contributed by atoms with van der Waals surface area (Å²) in [4.78, 5) is 13.3. The van der Waals surface area contributed by atoms with Gasteiger partial charge in [0.15, 0.2) is 0 Å². The number of halogens is 2. The zero-order valence-electron chi connectivity index (χ0n) is 10.6. The predicted octanol–water partition coefficient (Wildman–Crippen LogP) is 3.85. The van der Waals surface area contributed by atoms with Crippen LogP contribution in [-0.2, 0) is 0 Å². The van der Waals surface area contributed by atoms with Gasteiger partial charge in [0.2, 0.25) is 0 Å². The smallest absolute Gasteiger partial charge is 0.137 e. The third kappa shape index (κ3) is 1.88. The molecule has 1 aromatic carbocycles. The Balaban J connectivity index is 1.80. The second-order valence-corrected chi connectivity index (χ2v) is 6.08. The number of rotatable bonds is 2. The summed E-state index contributed by atoms with van der Waals surface area (Å²) in [5.74, 6) is 0.676. The number of allylic oxidation sites excluding steroid dienone is 1. The van der Waals surface area contributed by atoms with Gasteiger partial charge in [0.25, 0.3) is 0 Å². The monoisotopic (exact) mass is 331 g/mol. The minimum absolute atomic E-state index is 0.279. The summed E-state index contributed by atoms with van der Waals surface area (Å²) in [6, 6.07) is 4.89. The van der Waals surface area contributed by atoms with Crippen molar-refractivity contribution in [2.75, 3.05) is 0 Å². The Kier molecular flexibility index (Phi) is 2.70. The Morgan fingerprint density at radius 1 is 1.15 bits per heavy atom. The standard InChI is InChI=1S/C15H11BrFN3/c16-11-5-9(3-4-12(11)17)13-15-14(19-7-20-15)10(6-18-13)8-1-2-8/h3-8,10H,1-2H2. The lowest BCUT2D eigenvalue weighted by molar-refractivity contribution is 0.621. The average Bonchev–Trinajstić information content (AvgIpc) is 3.17. The summed E-state index contributed by atoms with van der Waals surface area (Å²) in [7, 11) is 0. The molecule has 0 bridgehead atoms. The molecule has 1 aromatic rings. The first-order valence-electron chi connectivity index (χ1n) is 6.58. The molecule has 0 spiro atoms. The van der Waals surface area contributed by atoms with Crippen molar-refractivity contribution < 1.29 is 4.39 Å². The predicted molar refractivity (Wildman–Crippen MR) is 81.7 cm³/mol. The maximum atomic E-state index is 13.4. The van der Waals surface area contributed by atoms with Crippen molar-refractivity contribution in [3.63, 3.8) is 0 Å². The molecule has 0 amide bonds. The summed E-state index contributed by atoms with van der Waals surface area (Å²) in [5, 5.41) is 0. The topological polar surface area (TPSA) is 37.1 Å². The average molecular weight is 332 g/mol. The second kappa shape index (κ2) is 4.45. The highest BCUT2D eigenvalue weighted by atomic mass is 79.9. The van der Waals surface area contributed by atoms with Crippen molar-refractivity contribution in [3.05, 3.63) is 39.7 Å². The molecule has 2 aliphatic heterocycles. The second-order valence-electron chi connectivity index (χ2n) is 5.23. The van der Waals surface area contributed by atoms with Crippen molar-refractivity contribution in [2.45, 2.75) is 12.8 Å². The van der Waals surface area contributed by atoms with Gasteiger partial charge in [-0.1, -0.05) is 0 Å². The Hall–Kier alpha value is -1.62. The molecule has 1 fully saturated rings. The van der Waals surface area contributed by atoms with Crippen LogP contribution in [0.25, 0.3) is 5.70 Å². The highest BCUT2D eigenvalue weighted by Crippen LogP contribution is 2.42.